The van der Waals surface area contributed by atoms with E-state index in [2.05, 4.69) is 42.3 Å². The molecule has 0 unspecified atom stereocenters. The van der Waals surface area contributed by atoms with Gasteiger partial charge in [-0.05, 0) is 25.7 Å². The molecule has 1 rings (SSSR count). The van der Waals surface area contributed by atoms with E-state index in [1.165, 1.54) is 134 Å². The summed E-state index contributed by atoms with van der Waals surface area (Å²) >= 11 is 0. The zero-order valence-electron chi connectivity index (χ0n) is 19.7. The molecule has 1 aromatic heterocycles. The summed E-state index contributed by atoms with van der Waals surface area (Å²) in [5.74, 6) is 1.44. The number of unbranched alkanes of at least 4 members (excludes halogenated alkanes) is 16. The van der Waals surface area contributed by atoms with Gasteiger partial charge in [-0.2, -0.15) is 0 Å². The Hall–Kier alpha value is -0.790. The van der Waals surface area contributed by atoms with Crippen molar-refractivity contribution in [2.45, 2.75) is 149 Å². The van der Waals surface area contributed by atoms with E-state index in [9.17, 15) is 0 Å². The number of rotatable bonds is 20. The van der Waals surface area contributed by atoms with E-state index in [0.717, 1.165) is 0 Å². The molecule has 0 aromatic carbocycles. The van der Waals surface area contributed by atoms with Gasteiger partial charge < -0.3 is 0 Å². The van der Waals surface area contributed by atoms with E-state index < -0.39 is 0 Å². The third-order valence-electron chi connectivity index (χ3n) is 6.26. The van der Waals surface area contributed by atoms with Crippen LogP contribution in [0.3, 0.4) is 0 Å². The number of aryl methyl sites for hydroxylation is 2. The normalized spacial score (nSPS) is 11.4. The maximum absolute atomic E-state index is 2.47. The van der Waals surface area contributed by atoms with Crippen molar-refractivity contribution in [3.8, 4) is 0 Å². The van der Waals surface area contributed by atoms with Crippen molar-refractivity contribution in [3.63, 3.8) is 0 Å². The zero-order chi connectivity index (χ0) is 20.3. The molecule has 0 aliphatic rings. The van der Waals surface area contributed by atoms with Gasteiger partial charge in [0.25, 0.3) is 5.82 Å². The molecule has 0 aliphatic carbocycles. The van der Waals surface area contributed by atoms with E-state index in [-0.39, 0.29) is 0 Å². The second-order valence-corrected chi connectivity index (χ2v) is 8.89. The highest BCUT2D eigenvalue weighted by Gasteiger charge is 2.11. The largest absolute Gasteiger partial charge is 0.253 e. The van der Waals surface area contributed by atoms with E-state index in [4.69, 9.17) is 0 Å². The van der Waals surface area contributed by atoms with Gasteiger partial charge in [-0.3, -0.25) is 0 Å². The first-order chi connectivity index (χ1) is 13.8. The monoisotopic (exact) mass is 391 g/mol. The fourth-order valence-corrected chi connectivity index (χ4v) is 4.20. The van der Waals surface area contributed by atoms with Gasteiger partial charge in [0.15, 0.2) is 0 Å². The quantitative estimate of drug-likeness (QED) is 0.157. The smallest absolute Gasteiger partial charge is 0.234 e. The molecule has 164 valence electrons. The Labute approximate surface area is 177 Å². The number of hydrogen-bond acceptors (Lipinski definition) is 0. The average Bonchev–Trinajstić information content (AvgIpc) is 3.05. The van der Waals surface area contributed by atoms with Crippen LogP contribution in [0.1, 0.15) is 135 Å². The molecule has 0 aliphatic heterocycles. The molecule has 0 radical (unpaired) electrons. The first-order valence-electron chi connectivity index (χ1n) is 12.8. The molecular weight excluding hydrogens is 340 g/mol. The van der Waals surface area contributed by atoms with Crippen LogP contribution in [-0.2, 0) is 13.1 Å². The molecule has 2 heteroatoms. The average molecular weight is 392 g/mol. The van der Waals surface area contributed by atoms with E-state index in [1.54, 1.807) is 0 Å². The maximum Gasteiger partial charge on any atom is 0.253 e. The third kappa shape index (κ3) is 12.6. The van der Waals surface area contributed by atoms with Crippen molar-refractivity contribution >= 4 is 0 Å². The van der Waals surface area contributed by atoms with Gasteiger partial charge in [-0.1, -0.05) is 104 Å². The fourth-order valence-electron chi connectivity index (χ4n) is 4.20. The molecular formula is C26H51N2+. The van der Waals surface area contributed by atoms with Crippen molar-refractivity contribution in [1.82, 2.24) is 4.57 Å². The topological polar surface area (TPSA) is 8.81 Å². The summed E-state index contributed by atoms with van der Waals surface area (Å²) < 4.78 is 4.93. The van der Waals surface area contributed by atoms with Crippen LogP contribution in [0, 0.1) is 6.92 Å². The highest BCUT2D eigenvalue weighted by Crippen LogP contribution is 2.11. The lowest BCUT2D eigenvalue weighted by Gasteiger charge is -2.04. The molecule has 0 atom stereocenters. The molecule has 28 heavy (non-hydrogen) atoms. The van der Waals surface area contributed by atoms with Crippen LogP contribution in [0.2, 0.25) is 0 Å². The summed E-state index contributed by atoms with van der Waals surface area (Å²) in [7, 11) is 0. The summed E-state index contributed by atoms with van der Waals surface area (Å²) in [5, 5.41) is 0. The molecule has 1 heterocycles. The van der Waals surface area contributed by atoms with Crippen molar-refractivity contribution in [2.75, 3.05) is 0 Å². The summed E-state index contributed by atoms with van der Waals surface area (Å²) in [4.78, 5) is 0. The standard InChI is InChI=1S/C26H51N2/c1-4-6-8-10-12-14-15-17-19-21-23-28-25-24-27(26(28)3)22-20-18-16-13-11-9-7-5-2/h24-25H,4-23H2,1-3H3/q+1. The van der Waals surface area contributed by atoms with Gasteiger partial charge >= 0.3 is 0 Å². The summed E-state index contributed by atoms with van der Waals surface area (Å²) in [6, 6.07) is 0. The van der Waals surface area contributed by atoms with Gasteiger partial charge in [0, 0.05) is 6.92 Å². The predicted molar refractivity (Wildman–Crippen MR) is 124 cm³/mol. The first-order valence-corrected chi connectivity index (χ1v) is 12.8. The number of imidazole rings is 1. The van der Waals surface area contributed by atoms with E-state index >= 15 is 0 Å². The molecule has 0 fully saturated rings. The minimum atomic E-state index is 1.20. The second kappa shape index (κ2) is 18.3. The van der Waals surface area contributed by atoms with Gasteiger partial charge in [0.05, 0.1) is 13.1 Å². The lowest BCUT2D eigenvalue weighted by atomic mass is 10.1. The van der Waals surface area contributed by atoms with Crippen LogP contribution in [0.25, 0.3) is 0 Å². The Morgan fingerprint density at radius 2 is 1.04 bits per heavy atom. The van der Waals surface area contributed by atoms with Crippen LogP contribution in [0.5, 0.6) is 0 Å². The predicted octanol–water partition coefficient (Wildman–Crippen LogP) is 8.15. The lowest BCUT2D eigenvalue weighted by molar-refractivity contribution is -0.702. The Balaban J connectivity index is 2.01. The minimum Gasteiger partial charge on any atom is -0.234 e. The van der Waals surface area contributed by atoms with Gasteiger partial charge in [0.2, 0.25) is 0 Å². The second-order valence-electron chi connectivity index (χ2n) is 8.89. The molecule has 0 spiro atoms. The number of aromatic nitrogens is 2. The number of hydrogen-bond donors (Lipinski definition) is 0. The molecule has 0 amide bonds. The lowest BCUT2D eigenvalue weighted by Crippen LogP contribution is -2.35. The van der Waals surface area contributed by atoms with Crippen LogP contribution in [0.4, 0.5) is 0 Å². The Morgan fingerprint density at radius 3 is 1.54 bits per heavy atom. The highest BCUT2D eigenvalue weighted by molar-refractivity contribution is 4.79. The number of nitrogens with zero attached hydrogens (tertiary/aromatic N) is 2. The van der Waals surface area contributed by atoms with Gasteiger partial charge in [0.1, 0.15) is 12.4 Å². The summed E-state index contributed by atoms with van der Waals surface area (Å²) in [5.41, 5.74) is 0. The molecule has 0 N–H and O–H groups in total. The van der Waals surface area contributed by atoms with Crippen LogP contribution in [-0.4, -0.2) is 4.57 Å². The van der Waals surface area contributed by atoms with Crippen molar-refractivity contribution < 1.29 is 4.57 Å². The summed E-state index contributed by atoms with van der Waals surface area (Å²) in [6.45, 7) is 9.28. The Bertz CT molecular complexity index is 449. The molecule has 1 aromatic rings. The summed E-state index contributed by atoms with van der Waals surface area (Å²) in [6.07, 6.45) is 30.0. The fraction of sp³-hybridized carbons (Fsp3) is 0.885. The highest BCUT2D eigenvalue weighted by atomic mass is 15.1. The molecule has 0 bridgehead atoms. The van der Waals surface area contributed by atoms with Crippen molar-refractivity contribution in [1.29, 1.82) is 0 Å². The third-order valence-corrected chi connectivity index (χ3v) is 6.26. The van der Waals surface area contributed by atoms with Gasteiger partial charge in [-0.25, -0.2) is 9.13 Å². The molecule has 2 nitrogen and oxygen atoms in total. The minimum absolute atomic E-state index is 1.20. The van der Waals surface area contributed by atoms with Crippen LogP contribution < -0.4 is 4.57 Å². The first kappa shape index (κ1) is 25.2. The van der Waals surface area contributed by atoms with Crippen LogP contribution >= 0.6 is 0 Å². The van der Waals surface area contributed by atoms with E-state index in [0.29, 0.717) is 0 Å². The van der Waals surface area contributed by atoms with E-state index in [1.807, 2.05) is 0 Å². The van der Waals surface area contributed by atoms with Crippen LogP contribution in [0.15, 0.2) is 12.4 Å². The zero-order valence-corrected chi connectivity index (χ0v) is 19.7. The Morgan fingerprint density at radius 1 is 0.607 bits per heavy atom. The van der Waals surface area contributed by atoms with Gasteiger partial charge in [-0.15, -0.1) is 0 Å². The van der Waals surface area contributed by atoms with Crippen molar-refractivity contribution in [3.05, 3.63) is 18.2 Å². The SMILES string of the molecule is CCCCCCCCCCCC[n+]1ccn(CCCCCCCCCC)c1C. The molecule has 0 saturated carbocycles. The molecule has 0 saturated heterocycles. The maximum atomic E-state index is 2.47. The Kier molecular flexibility index (Phi) is 16.5. The van der Waals surface area contributed by atoms with Crippen molar-refractivity contribution in [2.24, 2.45) is 0 Å².